The molecule has 5 N–H and O–H groups in total. The second-order valence-corrected chi connectivity index (χ2v) is 7.27. The molecule has 0 saturated carbocycles. The van der Waals surface area contributed by atoms with E-state index in [1.54, 1.807) is 6.07 Å². The number of benzene rings is 2. The van der Waals surface area contributed by atoms with Crippen LogP contribution in [0.4, 0.5) is 24.8 Å². The number of nitrogens with zero attached hydrogens (tertiary/aromatic N) is 4. The Morgan fingerprint density at radius 3 is 2.67 bits per heavy atom. The van der Waals surface area contributed by atoms with Gasteiger partial charge in [0.05, 0.1) is 17.6 Å². The van der Waals surface area contributed by atoms with E-state index < -0.39 is 12.1 Å². The summed E-state index contributed by atoms with van der Waals surface area (Å²) in [5, 5.41) is 25.6. The van der Waals surface area contributed by atoms with Crippen molar-refractivity contribution < 1.29 is 27.9 Å². The Morgan fingerprint density at radius 2 is 1.97 bits per heavy atom. The highest BCUT2D eigenvalue weighted by atomic mass is 19.4. The Bertz CT molecular complexity index is 1550. The maximum Gasteiger partial charge on any atom is 0.502 e. The van der Waals surface area contributed by atoms with Crippen LogP contribution in [0, 0.1) is 17.4 Å². The fourth-order valence-corrected chi connectivity index (χ4v) is 3.32. The molecule has 0 atom stereocenters. The first-order chi connectivity index (χ1) is 17.2. The minimum atomic E-state index is -5.28. The molecule has 180 valence electrons. The van der Waals surface area contributed by atoms with Gasteiger partial charge in [-0.15, -0.1) is 0 Å². The summed E-state index contributed by atoms with van der Waals surface area (Å²) in [5.74, 6) is -2.48. The highest BCUT2D eigenvalue weighted by Crippen LogP contribution is 2.35. The van der Waals surface area contributed by atoms with Crippen molar-refractivity contribution in [2.45, 2.75) is 12.7 Å². The minimum absolute atomic E-state index is 0.0415. The number of aromatic amines is 1. The fraction of sp³-hybridized carbons (Fsp3) is 0.0870. The molecule has 4 aromatic rings. The summed E-state index contributed by atoms with van der Waals surface area (Å²) in [6.45, 7) is 0.0590. The summed E-state index contributed by atoms with van der Waals surface area (Å²) in [7, 11) is 0. The predicted octanol–water partition coefficient (Wildman–Crippen LogP) is 4.10. The van der Waals surface area contributed by atoms with Crippen LogP contribution in [0.3, 0.4) is 0 Å². The number of fused-ring (bicyclic) bond motifs is 1. The number of pyridine rings is 1. The molecular formula is C23H15F3N7O3+. The number of carbonyl (C=O) groups is 1. The van der Waals surface area contributed by atoms with E-state index in [1.165, 1.54) is 24.3 Å². The van der Waals surface area contributed by atoms with Crippen molar-refractivity contribution in [2.24, 2.45) is 0 Å². The average molecular weight is 494 g/mol. The third-order valence-electron chi connectivity index (χ3n) is 4.85. The number of hydrogen-bond donors (Lipinski definition) is 4. The van der Waals surface area contributed by atoms with Crippen LogP contribution in [0.25, 0.3) is 27.2 Å². The number of rotatable bonds is 4. The highest BCUT2D eigenvalue weighted by molar-refractivity contribution is 5.86. The van der Waals surface area contributed by atoms with E-state index in [1.807, 2.05) is 24.3 Å². The summed E-state index contributed by atoms with van der Waals surface area (Å²) in [6.07, 6.45) is -5.28. The number of aromatic nitrogens is 3. The molecule has 0 bridgehead atoms. The Hall–Kier alpha value is -5.30. The van der Waals surface area contributed by atoms with Crippen LogP contribution >= 0.6 is 0 Å². The lowest BCUT2D eigenvalue weighted by Crippen LogP contribution is -2.23. The number of alkyl halides is 3. The zero-order valence-electron chi connectivity index (χ0n) is 18.1. The Labute approximate surface area is 200 Å². The zero-order chi connectivity index (χ0) is 25.9. The van der Waals surface area contributed by atoms with E-state index in [0.717, 1.165) is 5.52 Å². The number of nitrogens with two attached hydrogens (primary N) is 1. The van der Waals surface area contributed by atoms with Crippen LogP contribution in [0.5, 0.6) is 5.75 Å². The number of H-pyrrole nitrogens is 1. The fourth-order valence-electron chi connectivity index (χ4n) is 3.32. The molecule has 13 heteroatoms. The van der Waals surface area contributed by atoms with Crippen LogP contribution in [-0.2, 0) is 16.2 Å². The number of phenolic OH excluding ortho intramolecular Hbond substituents is 1. The van der Waals surface area contributed by atoms with Gasteiger partial charge in [-0.05, 0) is 29.8 Å². The lowest BCUT2D eigenvalue weighted by Gasteiger charge is -2.13. The van der Waals surface area contributed by atoms with Gasteiger partial charge in [-0.2, -0.15) is 18.4 Å². The van der Waals surface area contributed by atoms with Gasteiger partial charge in [0.25, 0.3) is 0 Å². The van der Waals surface area contributed by atoms with Crippen LogP contribution in [0.2, 0.25) is 0 Å². The number of phenols is 1. The number of nitrogen functional groups attached to an aromatic ring is 1. The van der Waals surface area contributed by atoms with E-state index in [-0.39, 0.29) is 46.2 Å². The smallest absolute Gasteiger partial charge is 0.502 e. The van der Waals surface area contributed by atoms with Crippen molar-refractivity contribution in [3.63, 3.8) is 0 Å². The molecule has 0 unspecified atom stereocenters. The van der Waals surface area contributed by atoms with E-state index in [2.05, 4.69) is 36.2 Å². The van der Waals surface area contributed by atoms with Gasteiger partial charge in [-0.1, -0.05) is 29.1 Å². The van der Waals surface area contributed by atoms with Crippen molar-refractivity contribution in [2.75, 3.05) is 11.1 Å². The normalized spacial score (nSPS) is 10.8. The number of anilines is 2. The Balaban J connectivity index is 1.81. The van der Waals surface area contributed by atoms with E-state index in [9.17, 15) is 28.3 Å². The summed E-state index contributed by atoms with van der Waals surface area (Å²) in [5.41, 5.74) is 7.46. The van der Waals surface area contributed by atoms with Crippen LogP contribution < -0.4 is 11.1 Å². The standard InChI is InChI=1S/C23H14F3N7O3/c24-23(25,26)22(35)36-30-10-15-19(12-4-3-5-13(34)8-12)14(9-27)20(28)33-21(15)29-11-18-31-16-6-1-2-7-17(16)32-18/h1-8H,11H2,(H4,28,29,31,32,33,34)/p+1. The lowest BCUT2D eigenvalue weighted by atomic mass is 9.96. The summed E-state index contributed by atoms with van der Waals surface area (Å²) in [4.78, 5) is 26.6. The number of imidazole rings is 1. The molecule has 0 radical (unpaired) electrons. The third-order valence-corrected chi connectivity index (χ3v) is 4.85. The first-order valence-corrected chi connectivity index (χ1v) is 10.1. The van der Waals surface area contributed by atoms with E-state index >= 15 is 0 Å². The third kappa shape index (κ3) is 4.95. The predicted molar refractivity (Wildman–Crippen MR) is 122 cm³/mol. The first kappa shape index (κ1) is 23.8. The molecule has 2 heterocycles. The number of halogens is 3. The van der Waals surface area contributed by atoms with Crippen molar-refractivity contribution in [3.05, 3.63) is 70.5 Å². The van der Waals surface area contributed by atoms with Gasteiger partial charge in [-0.3, -0.25) is 0 Å². The van der Waals surface area contributed by atoms with Crippen LogP contribution in [0.1, 0.15) is 17.0 Å². The molecule has 0 aliphatic heterocycles. The lowest BCUT2D eigenvalue weighted by molar-refractivity contribution is -0.194. The molecule has 4 rings (SSSR count). The molecule has 0 amide bonds. The first-order valence-electron chi connectivity index (χ1n) is 10.1. The average Bonchev–Trinajstić information content (AvgIpc) is 3.25. The number of carbonyl (C=O) groups excluding carboxylic acids is 1. The molecule has 2 aromatic carbocycles. The number of hydrogen-bond acceptors (Lipinski definition) is 8. The molecule has 0 aliphatic carbocycles. The van der Waals surface area contributed by atoms with Crippen molar-refractivity contribution >= 4 is 28.6 Å². The number of nitrogens with one attached hydrogen (secondary N) is 2. The monoisotopic (exact) mass is 494 g/mol. The minimum Gasteiger partial charge on any atom is -0.508 e. The van der Waals surface area contributed by atoms with Crippen molar-refractivity contribution in [1.29, 1.82) is 5.26 Å². The summed E-state index contributed by atoms with van der Waals surface area (Å²) in [6, 6.07) is 17.0. The molecular weight excluding hydrogens is 479 g/mol. The van der Waals surface area contributed by atoms with Crippen molar-refractivity contribution in [1.82, 2.24) is 15.0 Å². The molecule has 2 aromatic heterocycles. The summed E-state index contributed by atoms with van der Waals surface area (Å²) >= 11 is 0. The van der Waals surface area contributed by atoms with Gasteiger partial charge in [0.1, 0.15) is 29.0 Å². The Morgan fingerprint density at radius 1 is 1.19 bits per heavy atom. The second-order valence-electron chi connectivity index (χ2n) is 7.27. The summed E-state index contributed by atoms with van der Waals surface area (Å²) < 4.78 is 37.6. The second kappa shape index (κ2) is 9.52. The van der Waals surface area contributed by atoms with E-state index in [0.29, 0.717) is 11.3 Å². The molecule has 0 spiro atoms. The largest absolute Gasteiger partial charge is 0.508 e. The van der Waals surface area contributed by atoms with E-state index in [4.69, 9.17) is 5.73 Å². The topological polar surface area (TPSA) is 154 Å². The van der Waals surface area contributed by atoms with Crippen LogP contribution in [-0.4, -0.2) is 32.2 Å². The van der Waals surface area contributed by atoms with Crippen molar-refractivity contribution in [3.8, 4) is 29.0 Å². The Kier molecular flexibility index (Phi) is 6.30. The maximum absolute atomic E-state index is 12.5. The van der Waals surface area contributed by atoms with Gasteiger partial charge in [0.15, 0.2) is 11.4 Å². The zero-order valence-corrected chi connectivity index (χ0v) is 18.1. The molecule has 36 heavy (non-hydrogen) atoms. The van der Waals surface area contributed by atoms with Gasteiger partial charge in [-0.25, -0.2) is 14.8 Å². The molecule has 0 saturated heterocycles. The quantitative estimate of drug-likeness (QED) is 0.309. The van der Waals surface area contributed by atoms with Crippen LogP contribution in [0.15, 0.2) is 48.5 Å². The number of para-hydroxylation sites is 2. The SMILES string of the molecule is N#Cc1c(N)nc(NCc2nc3ccccc3[nH]2)c(C#[N+]OC(=O)C(F)(F)F)c1-c1cccc(O)c1. The molecule has 0 fully saturated rings. The van der Waals surface area contributed by atoms with Gasteiger partial charge in [0.2, 0.25) is 5.01 Å². The van der Waals surface area contributed by atoms with Gasteiger partial charge >= 0.3 is 18.2 Å². The highest BCUT2D eigenvalue weighted by Gasteiger charge is 2.45. The van der Waals surface area contributed by atoms with Gasteiger partial charge in [0, 0.05) is 5.56 Å². The maximum atomic E-state index is 12.5. The number of aromatic hydroxyl groups is 1. The molecule has 10 nitrogen and oxygen atoms in total. The number of nitriles is 1. The molecule has 0 aliphatic rings. The van der Waals surface area contributed by atoms with Gasteiger partial charge < -0.3 is 21.1 Å².